The Labute approximate surface area is 225 Å². The number of hydrogen-bond acceptors (Lipinski definition) is 6. The number of esters is 1. The van der Waals surface area contributed by atoms with Crippen molar-refractivity contribution in [1.29, 1.82) is 0 Å². The van der Waals surface area contributed by atoms with Crippen LogP contribution in [0.25, 0.3) is 28.2 Å². The second-order valence-electron chi connectivity index (χ2n) is 9.24. The molecule has 0 radical (unpaired) electrons. The minimum Gasteiger partial charge on any atom is -0.458 e. The number of anilines is 1. The van der Waals surface area contributed by atoms with E-state index in [1.807, 2.05) is 0 Å². The molecule has 0 bridgehead atoms. The van der Waals surface area contributed by atoms with E-state index in [0.717, 1.165) is 24.3 Å². The van der Waals surface area contributed by atoms with Crippen LogP contribution in [0.15, 0.2) is 66.2 Å². The normalized spacial score (nSPS) is 14.8. The van der Waals surface area contributed by atoms with Gasteiger partial charge in [0.25, 0.3) is 10.0 Å². The van der Waals surface area contributed by atoms with E-state index in [0.29, 0.717) is 17.0 Å². The van der Waals surface area contributed by atoms with Gasteiger partial charge in [0.2, 0.25) is 0 Å². The number of benzene rings is 2. The van der Waals surface area contributed by atoms with Crippen LogP contribution in [0, 0.1) is 17.5 Å². The number of nitrogens with zero attached hydrogens (tertiary/aromatic N) is 3. The summed E-state index contributed by atoms with van der Waals surface area (Å²) in [6.45, 7) is 1.20. The lowest BCUT2D eigenvalue weighted by atomic mass is 10.0. The van der Waals surface area contributed by atoms with Gasteiger partial charge in [-0.25, -0.2) is 31.6 Å². The van der Waals surface area contributed by atoms with Gasteiger partial charge >= 0.3 is 5.97 Å². The average Bonchev–Trinajstić information content (AvgIpc) is 3.65. The van der Waals surface area contributed by atoms with Crippen molar-refractivity contribution in [2.45, 2.75) is 30.8 Å². The summed E-state index contributed by atoms with van der Waals surface area (Å²) in [7, 11) is -4.52. The number of fused-ring (bicyclic) bond motifs is 2. The second kappa shape index (κ2) is 9.52. The largest absolute Gasteiger partial charge is 0.458 e. The zero-order chi connectivity index (χ0) is 28.2. The third-order valence-corrected chi connectivity index (χ3v) is 8.12. The van der Waals surface area contributed by atoms with Crippen LogP contribution in [0.1, 0.15) is 30.6 Å². The molecule has 1 aliphatic rings. The van der Waals surface area contributed by atoms with Gasteiger partial charge in [-0.3, -0.25) is 9.52 Å². The first-order chi connectivity index (χ1) is 19.1. The monoisotopic (exact) mass is 567 g/mol. The summed E-state index contributed by atoms with van der Waals surface area (Å²) >= 11 is 0. The smallest absolute Gasteiger partial charge is 0.303 e. The van der Waals surface area contributed by atoms with Crippen LogP contribution in [0.5, 0.6) is 0 Å². The molecule has 0 fully saturated rings. The van der Waals surface area contributed by atoms with E-state index in [-0.39, 0.29) is 29.5 Å². The number of pyridine rings is 1. The molecule has 204 valence electrons. The molecule has 0 saturated carbocycles. The van der Waals surface area contributed by atoms with Crippen LogP contribution in [-0.4, -0.2) is 33.7 Å². The van der Waals surface area contributed by atoms with Crippen molar-refractivity contribution in [3.63, 3.8) is 0 Å². The van der Waals surface area contributed by atoms with Crippen molar-refractivity contribution < 1.29 is 31.1 Å². The number of nitrogens with one attached hydrogen (secondary N) is 2. The molecule has 3 aromatic heterocycles. The van der Waals surface area contributed by atoms with E-state index >= 15 is 4.39 Å². The summed E-state index contributed by atoms with van der Waals surface area (Å²) in [5.41, 5.74) is 0.809. The molecule has 1 unspecified atom stereocenters. The molecular formula is C27H20F3N5O4S. The number of hydrogen-bond donors (Lipinski definition) is 2. The summed E-state index contributed by atoms with van der Waals surface area (Å²) in [5.74, 6) is -2.99. The Balaban J connectivity index is 1.37. The number of sulfonamides is 1. The number of aromatic nitrogens is 4. The minimum absolute atomic E-state index is 0.128. The van der Waals surface area contributed by atoms with Crippen molar-refractivity contribution >= 4 is 27.2 Å². The predicted octanol–water partition coefficient (Wildman–Crippen LogP) is 5.16. The van der Waals surface area contributed by atoms with Crippen molar-refractivity contribution in [2.75, 3.05) is 4.72 Å². The molecule has 13 heteroatoms. The summed E-state index contributed by atoms with van der Waals surface area (Å²) in [4.78, 5) is 22.4. The number of H-pyrrole nitrogens is 1. The lowest BCUT2D eigenvalue weighted by Gasteiger charge is -2.16. The highest BCUT2D eigenvalue weighted by Crippen LogP contribution is 2.39. The number of halogens is 3. The molecule has 6 rings (SSSR count). The number of aromatic amines is 1. The lowest BCUT2D eigenvalue weighted by Crippen LogP contribution is -2.17. The fourth-order valence-corrected chi connectivity index (χ4v) is 6.37. The van der Waals surface area contributed by atoms with Gasteiger partial charge in [0.15, 0.2) is 11.6 Å². The van der Waals surface area contributed by atoms with Crippen molar-refractivity contribution in [3.8, 4) is 22.6 Å². The van der Waals surface area contributed by atoms with Gasteiger partial charge in [0.05, 0.1) is 21.7 Å². The van der Waals surface area contributed by atoms with E-state index in [1.165, 1.54) is 25.5 Å². The molecule has 1 atom stereocenters. The van der Waals surface area contributed by atoms with E-state index < -0.39 is 55.7 Å². The number of ether oxygens (including phenoxy) is 1. The molecule has 40 heavy (non-hydrogen) atoms. The first kappa shape index (κ1) is 25.6. The van der Waals surface area contributed by atoms with Crippen molar-refractivity contribution in [2.24, 2.45) is 0 Å². The maximum Gasteiger partial charge on any atom is 0.303 e. The van der Waals surface area contributed by atoms with Gasteiger partial charge in [-0.1, -0.05) is 6.07 Å². The zero-order valence-electron chi connectivity index (χ0n) is 20.8. The molecule has 3 heterocycles. The van der Waals surface area contributed by atoms with Gasteiger partial charge in [-0.15, -0.1) is 0 Å². The molecule has 2 aromatic carbocycles. The molecule has 0 spiro atoms. The molecule has 0 aliphatic heterocycles. The number of carbonyl (C=O) groups excluding carboxylic acids is 1. The highest BCUT2D eigenvalue weighted by Gasteiger charge is 2.33. The standard InChI is InChI=1S/C27H20F3N5O4S/c1-14(36)39-22-7-3-17-18(22)10-16(28)11-23(17)40(37,38)34-20-5-4-19(29)24(25(20)30)15-2-6-21-26(27-31-8-9-32-27)33-13-35(21)12-15/h2,4-6,8-13,22,34H,3,7H2,1H3,(H,31,32). The predicted molar refractivity (Wildman–Crippen MR) is 138 cm³/mol. The summed E-state index contributed by atoms with van der Waals surface area (Å²) in [6.07, 6.45) is 5.82. The Kier molecular flexibility index (Phi) is 6.10. The third kappa shape index (κ3) is 4.37. The van der Waals surface area contributed by atoms with Crippen molar-refractivity contribution in [1.82, 2.24) is 19.4 Å². The van der Waals surface area contributed by atoms with Gasteiger partial charge in [0.1, 0.15) is 29.8 Å². The molecule has 0 saturated heterocycles. The Morgan fingerprint density at radius 1 is 1.15 bits per heavy atom. The molecule has 2 N–H and O–H groups in total. The van der Waals surface area contributed by atoms with E-state index in [2.05, 4.69) is 19.7 Å². The Hall–Kier alpha value is -4.65. The fourth-order valence-electron chi connectivity index (χ4n) is 5.00. The first-order valence-electron chi connectivity index (χ1n) is 12.1. The van der Waals surface area contributed by atoms with E-state index in [4.69, 9.17) is 4.74 Å². The van der Waals surface area contributed by atoms with Crippen LogP contribution in [0.2, 0.25) is 0 Å². The summed E-state index contributed by atoms with van der Waals surface area (Å²) in [5, 5.41) is 0. The summed E-state index contributed by atoms with van der Waals surface area (Å²) in [6, 6.07) is 6.94. The van der Waals surface area contributed by atoms with Crippen molar-refractivity contribution in [3.05, 3.63) is 89.9 Å². The quantitative estimate of drug-likeness (QED) is 0.274. The number of imidazole rings is 2. The van der Waals surface area contributed by atoms with Gasteiger partial charge < -0.3 is 14.1 Å². The van der Waals surface area contributed by atoms with Crippen LogP contribution < -0.4 is 4.72 Å². The Morgan fingerprint density at radius 2 is 1.98 bits per heavy atom. The first-order valence-corrected chi connectivity index (χ1v) is 13.6. The zero-order valence-corrected chi connectivity index (χ0v) is 21.6. The van der Waals surface area contributed by atoms with Crippen LogP contribution >= 0.6 is 0 Å². The fraction of sp³-hybridized carbons (Fsp3) is 0.148. The lowest BCUT2D eigenvalue weighted by molar-refractivity contribution is -0.146. The molecule has 5 aromatic rings. The third-order valence-electron chi connectivity index (χ3n) is 6.69. The highest BCUT2D eigenvalue weighted by atomic mass is 32.2. The van der Waals surface area contributed by atoms with Gasteiger partial charge in [-0.2, -0.15) is 0 Å². The van der Waals surface area contributed by atoms with Crippen LogP contribution in [0.4, 0.5) is 18.9 Å². The average molecular weight is 568 g/mol. The maximum atomic E-state index is 15.7. The molecule has 1 aliphatic carbocycles. The Bertz CT molecular complexity index is 1910. The SMILES string of the molecule is CC(=O)OC1CCc2c1cc(F)cc2S(=O)(=O)Nc1ccc(F)c(-c2ccc3c(-c4ncc[nH]4)ncn3c2)c1F. The van der Waals surface area contributed by atoms with Gasteiger partial charge in [-0.05, 0) is 54.3 Å². The number of rotatable bonds is 6. The minimum atomic E-state index is -4.52. The topological polar surface area (TPSA) is 118 Å². The molecule has 9 nitrogen and oxygen atoms in total. The van der Waals surface area contributed by atoms with Crippen LogP contribution in [0.3, 0.4) is 0 Å². The van der Waals surface area contributed by atoms with E-state index in [1.54, 1.807) is 22.9 Å². The number of carbonyl (C=O) groups is 1. The summed E-state index contributed by atoms with van der Waals surface area (Å²) < 4.78 is 80.7. The maximum absolute atomic E-state index is 15.7. The Morgan fingerprint density at radius 3 is 2.73 bits per heavy atom. The molecule has 0 amide bonds. The highest BCUT2D eigenvalue weighted by molar-refractivity contribution is 7.92. The second-order valence-corrected chi connectivity index (χ2v) is 10.9. The van der Waals surface area contributed by atoms with Gasteiger partial charge in [0, 0.05) is 31.1 Å². The van der Waals surface area contributed by atoms with E-state index in [9.17, 15) is 22.0 Å². The van der Waals surface area contributed by atoms with Crippen LogP contribution in [-0.2, 0) is 26.0 Å². The molecular weight excluding hydrogens is 547 g/mol.